The van der Waals surface area contributed by atoms with Crippen LogP contribution in [0.2, 0.25) is 0 Å². The Kier molecular flexibility index (Phi) is 4.14. The van der Waals surface area contributed by atoms with Gasteiger partial charge in [0.15, 0.2) is 6.10 Å². The molecular weight excluding hydrogens is 224 g/mol. The Morgan fingerprint density at radius 3 is 2.18 bits per heavy atom. The zero-order chi connectivity index (χ0) is 13.2. The van der Waals surface area contributed by atoms with E-state index in [4.69, 9.17) is 14.2 Å². The van der Waals surface area contributed by atoms with Crippen LogP contribution in [0.15, 0.2) is 0 Å². The highest BCUT2D eigenvalue weighted by molar-refractivity contribution is 5.67. The minimum absolute atomic E-state index is 0.0271. The second kappa shape index (κ2) is 5.04. The van der Waals surface area contributed by atoms with Crippen molar-refractivity contribution in [2.45, 2.75) is 59.0 Å². The molecular formula is C12H20O5. The van der Waals surface area contributed by atoms with Crippen LogP contribution in [0.3, 0.4) is 0 Å². The number of hydrogen-bond acceptors (Lipinski definition) is 5. The largest absolute Gasteiger partial charge is 0.455 e. The molecule has 0 radical (unpaired) electrons. The second-order valence-electron chi connectivity index (χ2n) is 4.62. The molecule has 0 aromatic rings. The monoisotopic (exact) mass is 244 g/mol. The van der Waals surface area contributed by atoms with Crippen molar-refractivity contribution in [2.24, 2.45) is 5.92 Å². The van der Waals surface area contributed by atoms with Gasteiger partial charge in [0, 0.05) is 19.8 Å². The van der Waals surface area contributed by atoms with Gasteiger partial charge in [-0.25, -0.2) is 0 Å². The highest BCUT2D eigenvalue weighted by atomic mass is 16.7. The fourth-order valence-corrected chi connectivity index (χ4v) is 2.03. The molecule has 1 saturated heterocycles. The lowest BCUT2D eigenvalue weighted by atomic mass is 9.87. The Labute approximate surface area is 101 Å². The first-order valence-corrected chi connectivity index (χ1v) is 5.82. The number of esters is 2. The van der Waals surface area contributed by atoms with Crippen LogP contribution in [0, 0.1) is 5.92 Å². The average molecular weight is 244 g/mol. The van der Waals surface area contributed by atoms with Crippen LogP contribution in [0.25, 0.3) is 0 Å². The van der Waals surface area contributed by atoms with Gasteiger partial charge in [-0.2, -0.15) is 0 Å². The Bertz CT molecular complexity index is 314. The highest BCUT2D eigenvalue weighted by Crippen LogP contribution is 2.40. The van der Waals surface area contributed by atoms with Crippen molar-refractivity contribution >= 4 is 11.9 Å². The van der Waals surface area contributed by atoms with Crippen molar-refractivity contribution in [2.75, 3.05) is 0 Å². The van der Waals surface area contributed by atoms with Crippen molar-refractivity contribution in [1.82, 2.24) is 0 Å². The van der Waals surface area contributed by atoms with Gasteiger partial charge in [0.2, 0.25) is 6.29 Å². The Morgan fingerprint density at radius 2 is 1.76 bits per heavy atom. The maximum Gasteiger partial charge on any atom is 0.305 e. The quantitative estimate of drug-likeness (QED) is 0.706. The summed E-state index contributed by atoms with van der Waals surface area (Å²) < 4.78 is 16.0. The van der Waals surface area contributed by atoms with E-state index in [0.717, 1.165) is 6.42 Å². The lowest BCUT2D eigenvalue weighted by molar-refractivity contribution is -0.202. The summed E-state index contributed by atoms with van der Waals surface area (Å²) in [5, 5.41) is 0. The zero-order valence-electron chi connectivity index (χ0n) is 11.0. The molecule has 17 heavy (non-hydrogen) atoms. The van der Waals surface area contributed by atoms with Gasteiger partial charge in [-0.05, 0) is 13.3 Å². The molecule has 1 aliphatic rings. The molecule has 1 aliphatic heterocycles. The summed E-state index contributed by atoms with van der Waals surface area (Å²) in [4.78, 5) is 22.1. The van der Waals surface area contributed by atoms with Crippen molar-refractivity contribution in [3.05, 3.63) is 0 Å². The summed E-state index contributed by atoms with van der Waals surface area (Å²) in [7, 11) is 0. The Morgan fingerprint density at radius 1 is 1.24 bits per heavy atom. The molecule has 5 nitrogen and oxygen atoms in total. The van der Waals surface area contributed by atoms with E-state index in [1.807, 2.05) is 20.8 Å². The van der Waals surface area contributed by atoms with Gasteiger partial charge in [-0.15, -0.1) is 0 Å². The summed E-state index contributed by atoms with van der Waals surface area (Å²) in [6.07, 6.45) is -0.596. The predicted octanol–water partition coefficient (Wildman–Crippen LogP) is 1.64. The normalized spacial score (nSPS) is 36.6. The Balaban J connectivity index is 2.87. The number of rotatable bonds is 3. The molecule has 4 atom stereocenters. The van der Waals surface area contributed by atoms with Gasteiger partial charge in [0.05, 0.1) is 5.60 Å². The average Bonchev–Trinajstić information content (AvgIpc) is 2.42. The summed E-state index contributed by atoms with van der Waals surface area (Å²) in [5.74, 6) is -0.872. The third kappa shape index (κ3) is 2.97. The number of carbonyl (C=O) groups excluding carboxylic acids is 2. The van der Waals surface area contributed by atoms with Crippen molar-refractivity contribution in [3.63, 3.8) is 0 Å². The van der Waals surface area contributed by atoms with Crippen LogP contribution < -0.4 is 0 Å². The molecule has 98 valence electrons. The van der Waals surface area contributed by atoms with Crippen molar-refractivity contribution in [3.8, 4) is 0 Å². The van der Waals surface area contributed by atoms with Crippen LogP contribution in [0.5, 0.6) is 0 Å². The molecule has 1 fully saturated rings. The lowest BCUT2D eigenvalue weighted by Crippen LogP contribution is -2.35. The SMILES string of the molecule is CC[C@@]1(C)O[C@H](OC(C)=O)[C@H](OC(C)=O)[C@@H]1C. The van der Waals surface area contributed by atoms with Gasteiger partial charge in [0.1, 0.15) is 0 Å². The first-order chi connectivity index (χ1) is 7.80. The fourth-order valence-electron chi connectivity index (χ4n) is 2.03. The van der Waals surface area contributed by atoms with E-state index >= 15 is 0 Å². The first kappa shape index (κ1) is 14.0. The van der Waals surface area contributed by atoms with Crippen molar-refractivity contribution in [1.29, 1.82) is 0 Å². The smallest absolute Gasteiger partial charge is 0.305 e. The molecule has 5 heteroatoms. The highest BCUT2D eigenvalue weighted by Gasteiger charge is 2.52. The van der Waals surface area contributed by atoms with Gasteiger partial charge in [-0.3, -0.25) is 9.59 Å². The molecule has 0 aromatic heterocycles. The van der Waals surface area contributed by atoms with Gasteiger partial charge in [-0.1, -0.05) is 13.8 Å². The van der Waals surface area contributed by atoms with Crippen molar-refractivity contribution < 1.29 is 23.8 Å². The molecule has 0 bridgehead atoms. The Hall–Kier alpha value is -1.10. The summed E-state index contributed by atoms with van der Waals surface area (Å²) >= 11 is 0. The third-order valence-corrected chi connectivity index (χ3v) is 3.40. The molecule has 1 heterocycles. The van der Waals surface area contributed by atoms with E-state index < -0.39 is 29.9 Å². The number of hydrogen-bond donors (Lipinski definition) is 0. The summed E-state index contributed by atoms with van der Waals surface area (Å²) in [6.45, 7) is 8.48. The maximum atomic E-state index is 11.1. The molecule has 1 rings (SSSR count). The molecule has 0 N–H and O–H groups in total. The molecule has 0 amide bonds. The van der Waals surface area contributed by atoms with E-state index in [9.17, 15) is 9.59 Å². The number of carbonyl (C=O) groups is 2. The minimum Gasteiger partial charge on any atom is -0.455 e. The van der Waals surface area contributed by atoms with Crippen LogP contribution in [0.1, 0.15) is 41.0 Å². The second-order valence-corrected chi connectivity index (χ2v) is 4.62. The predicted molar refractivity (Wildman–Crippen MR) is 60.1 cm³/mol. The van der Waals surface area contributed by atoms with Crippen LogP contribution in [-0.2, 0) is 23.8 Å². The third-order valence-electron chi connectivity index (χ3n) is 3.40. The van der Waals surface area contributed by atoms with E-state index in [1.165, 1.54) is 13.8 Å². The van der Waals surface area contributed by atoms with Crippen LogP contribution >= 0.6 is 0 Å². The number of ether oxygens (including phenoxy) is 3. The minimum atomic E-state index is -0.809. The molecule has 0 aliphatic carbocycles. The molecule has 0 spiro atoms. The van der Waals surface area contributed by atoms with Gasteiger partial charge >= 0.3 is 11.9 Å². The van der Waals surface area contributed by atoms with E-state index in [2.05, 4.69) is 0 Å². The topological polar surface area (TPSA) is 61.8 Å². The van der Waals surface area contributed by atoms with E-state index in [0.29, 0.717) is 0 Å². The molecule has 0 aromatic carbocycles. The van der Waals surface area contributed by atoms with Crippen LogP contribution in [-0.4, -0.2) is 29.9 Å². The standard InChI is InChI=1S/C12H20O5/c1-6-12(5)7(2)10(15-8(3)13)11(17-12)16-9(4)14/h7,10-11H,6H2,1-5H3/t7-,10+,11-,12+/m0/s1. The van der Waals surface area contributed by atoms with E-state index in [-0.39, 0.29) is 5.92 Å². The van der Waals surface area contributed by atoms with E-state index in [1.54, 1.807) is 0 Å². The fraction of sp³-hybridized carbons (Fsp3) is 0.833. The van der Waals surface area contributed by atoms with Crippen LogP contribution in [0.4, 0.5) is 0 Å². The molecule has 0 unspecified atom stereocenters. The zero-order valence-corrected chi connectivity index (χ0v) is 11.0. The lowest BCUT2D eigenvalue weighted by Gasteiger charge is -2.26. The first-order valence-electron chi connectivity index (χ1n) is 5.82. The summed E-state index contributed by atoms with van der Waals surface area (Å²) in [5.41, 5.74) is -0.444. The maximum absolute atomic E-state index is 11.1. The summed E-state index contributed by atoms with van der Waals surface area (Å²) in [6, 6.07) is 0. The van der Waals surface area contributed by atoms with Gasteiger partial charge < -0.3 is 14.2 Å². The molecule has 0 saturated carbocycles. The van der Waals surface area contributed by atoms with Gasteiger partial charge in [0.25, 0.3) is 0 Å².